The van der Waals surface area contributed by atoms with Gasteiger partial charge in [0.15, 0.2) is 0 Å². The number of rotatable bonds is 5. The minimum absolute atomic E-state index is 0.0434. The second-order valence-corrected chi connectivity index (χ2v) is 6.83. The monoisotopic (exact) mass is 316 g/mol. The minimum Gasteiger partial charge on any atom is -0.478 e. The van der Waals surface area contributed by atoms with E-state index in [0.29, 0.717) is 23.3 Å². The lowest BCUT2D eigenvalue weighted by molar-refractivity contribution is 0.0678. The Labute approximate surface area is 136 Å². The van der Waals surface area contributed by atoms with Crippen LogP contribution in [0, 0.1) is 12.8 Å². The van der Waals surface area contributed by atoms with E-state index in [1.54, 1.807) is 13.0 Å². The van der Waals surface area contributed by atoms with Crippen molar-refractivity contribution in [3.8, 4) is 0 Å². The van der Waals surface area contributed by atoms with Crippen molar-refractivity contribution >= 4 is 11.9 Å². The molecule has 0 bridgehead atoms. The highest BCUT2D eigenvalue weighted by Crippen LogP contribution is 2.32. The summed E-state index contributed by atoms with van der Waals surface area (Å²) in [6, 6.07) is 3.39. The lowest BCUT2D eigenvalue weighted by Gasteiger charge is -2.29. The molecule has 1 aromatic rings. The number of carbonyl (C=O) groups is 2. The van der Waals surface area contributed by atoms with E-state index in [-0.39, 0.29) is 11.5 Å². The molecule has 0 aromatic carbocycles. The molecule has 124 valence electrons. The van der Waals surface area contributed by atoms with Crippen molar-refractivity contribution in [1.82, 2.24) is 9.88 Å². The summed E-state index contributed by atoms with van der Waals surface area (Å²) >= 11 is 0. The average Bonchev–Trinajstić information content (AvgIpc) is 3.37. The summed E-state index contributed by atoms with van der Waals surface area (Å²) in [5.41, 5.74) is 0.929. The second kappa shape index (κ2) is 6.69. The van der Waals surface area contributed by atoms with E-state index in [1.807, 2.05) is 4.90 Å². The van der Waals surface area contributed by atoms with Gasteiger partial charge in [-0.3, -0.25) is 4.79 Å². The summed E-state index contributed by atoms with van der Waals surface area (Å²) in [5.74, 6) is -0.443. The standard InChI is InChI=1S/C18H24N2O3/c1-12-15(18(22)23)9-10-16(19-12)17(21)20(14-7-8-14)11-13-5-3-2-4-6-13/h9-10,13-14H,2-8,11H2,1H3,(H,22,23). The predicted octanol–water partition coefficient (Wildman–Crippen LogP) is 3.27. The molecule has 0 unspecified atom stereocenters. The highest BCUT2D eigenvalue weighted by atomic mass is 16.4. The van der Waals surface area contributed by atoms with E-state index >= 15 is 0 Å². The van der Waals surface area contributed by atoms with Gasteiger partial charge >= 0.3 is 5.97 Å². The summed E-state index contributed by atoms with van der Waals surface area (Å²) in [7, 11) is 0. The molecule has 2 fully saturated rings. The van der Waals surface area contributed by atoms with E-state index in [4.69, 9.17) is 5.11 Å². The first-order valence-electron chi connectivity index (χ1n) is 8.58. The molecule has 0 atom stereocenters. The number of carboxylic acid groups (broad SMARTS) is 1. The van der Waals surface area contributed by atoms with E-state index in [2.05, 4.69) is 4.98 Å². The second-order valence-electron chi connectivity index (χ2n) is 6.83. The van der Waals surface area contributed by atoms with Gasteiger partial charge < -0.3 is 10.0 Å². The number of nitrogens with zero attached hydrogens (tertiary/aromatic N) is 2. The number of aromatic nitrogens is 1. The van der Waals surface area contributed by atoms with Gasteiger partial charge in [-0.25, -0.2) is 9.78 Å². The molecule has 1 amide bonds. The lowest BCUT2D eigenvalue weighted by Crippen LogP contribution is -2.38. The van der Waals surface area contributed by atoms with Crippen LogP contribution in [0.15, 0.2) is 12.1 Å². The maximum absolute atomic E-state index is 12.8. The Hall–Kier alpha value is -1.91. The van der Waals surface area contributed by atoms with Crippen LogP contribution in [-0.2, 0) is 0 Å². The van der Waals surface area contributed by atoms with Crippen LogP contribution in [0.5, 0.6) is 0 Å². The number of hydrogen-bond acceptors (Lipinski definition) is 3. The van der Waals surface area contributed by atoms with Crippen LogP contribution in [0.1, 0.15) is 71.5 Å². The molecule has 3 rings (SSSR count). The number of carboxylic acids is 1. The van der Waals surface area contributed by atoms with Gasteiger partial charge in [-0.1, -0.05) is 19.3 Å². The summed E-state index contributed by atoms with van der Waals surface area (Å²) in [4.78, 5) is 30.2. The fourth-order valence-electron chi connectivity index (χ4n) is 3.49. The van der Waals surface area contributed by atoms with Gasteiger partial charge in [-0.15, -0.1) is 0 Å². The predicted molar refractivity (Wildman–Crippen MR) is 86.6 cm³/mol. The minimum atomic E-state index is -1.00. The van der Waals surface area contributed by atoms with Crippen molar-refractivity contribution in [2.75, 3.05) is 6.54 Å². The Morgan fingerprint density at radius 2 is 1.87 bits per heavy atom. The first-order valence-corrected chi connectivity index (χ1v) is 8.58. The van der Waals surface area contributed by atoms with E-state index in [0.717, 1.165) is 19.4 Å². The molecule has 0 radical (unpaired) electrons. The molecule has 0 aliphatic heterocycles. The molecular formula is C18H24N2O3. The molecule has 2 aliphatic rings. The van der Waals surface area contributed by atoms with Gasteiger partial charge in [0.2, 0.25) is 0 Å². The van der Waals surface area contributed by atoms with Crippen molar-refractivity contribution in [3.63, 3.8) is 0 Å². The molecule has 1 N–H and O–H groups in total. The molecule has 1 aromatic heterocycles. The third-order valence-corrected chi connectivity index (χ3v) is 4.96. The lowest BCUT2D eigenvalue weighted by atomic mass is 9.89. The molecule has 0 spiro atoms. The summed E-state index contributed by atoms with van der Waals surface area (Å²) in [6.45, 7) is 2.47. The van der Waals surface area contributed by atoms with Gasteiger partial charge in [0.05, 0.1) is 11.3 Å². The van der Waals surface area contributed by atoms with Crippen LogP contribution in [-0.4, -0.2) is 39.5 Å². The molecule has 2 aliphatic carbocycles. The SMILES string of the molecule is Cc1nc(C(=O)N(CC2CCCCC2)C2CC2)ccc1C(=O)O. The van der Waals surface area contributed by atoms with Crippen molar-refractivity contribution in [2.45, 2.75) is 57.9 Å². The van der Waals surface area contributed by atoms with Gasteiger partial charge in [-0.2, -0.15) is 0 Å². The van der Waals surface area contributed by atoms with Crippen LogP contribution in [0.25, 0.3) is 0 Å². The number of aromatic carboxylic acids is 1. The molecule has 5 nitrogen and oxygen atoms in total. The molecule has 23 heavy (non-hydrogen) atoms. The van der Waals surface area contributed by atoms with Gasteiger partial charge in [-0.05, 0) is 50.7 Å². The van der Waals surface area contributed by atoms with Crippen LogP contribution < -0.4 is 0 Å². The number of hydrogen-bond donors (Lipinski definition) is 1. The van der Waals surface area contributed by atoms with Crippen LogP contribution in [0.4, 0.5) is 0 Å². The zero-order valence-electron chi connectivity index (χ0n) is 13.6. The summed E-state index contributed by atoms with van der Waals surface area (Å²) in [6.07, 6.45) is 8.41. The number of carbonyl (C=O) groups excluding carboxylic acids is 1. The quantitative estimate of drug-likeness (QED) is 0.905. The first kappa shape index (κ1) is 16.0. The topological polar surface area (TPSA) is 70.5 Å². The number of aryl methyl sites for hydroxylation is 1. The van der Waals surface area contributed by atoms with Crippen molar-refractivity contribution in [2.24, 2.45) is 5.92 Å². The van der Waals surface area contributed by atoms with Gasteiger partial charge in [0.1, 0.15) is 5.69 Å². The Morgan fingerprint density at radius 1 is 1.17 bits per heavy atom. The van der Waals surface area contributed by atoms with Crippen LogP contribution >= 0.6 is 0 Å². The molecule has 2 saturated carbocycles. The number of pyridine rings is 1. The van der Waals surface area contributed by atoms with Gasteiger partial charge in [0, 0.05) is 12.6 Å². The third kappa shape index (κ3) is 3.71. The highest BCUT2D eigenvalue weighted by molar-refractivity contribution is 5.94. The van der Waals surface area contributed by atoms with Gasteiger partial charge in [0.25, 0.3) is 5.91 Å². The van der Waals surface area contributed by atoms with Crippen molar-refractivity contribution in [1.29, 1.82) is 0 Å². The fourth-order valence-corrected chi connectivity index (χ4v) is 3.49. The molecule has 0 saturated heterocycles. The Morgan fingerprint density at radius 3 is 2.43 bits per heavy atom. The number of amides is 1. The zero-order valence-corrected chi connectivity index (χ0v) is 13.6. The largest absolute Gasteiger partial charge is 0.478 e. The van der Waals surface area contributed by atoms with E-state index in [9.17, 15) is 9.59 Å². The maximum Gasteiger partial charge on any atom is 0.337 e. The van der Waals surface area contributed by atoms with E-state index < -0.39 is 5.97 Å². The average molecular weight is 316 g/mol. The maximum atomic E-state index is 12.8. The Balaban J connectivity index is 1.75. The summed E-state index contributed by atoms with van der Waals surface area (Å²) in [5, 5.41) is 9.08. The first-order chi connectivity index (χ1) is 11.1. The van der Waals surface area contributed by atoms with E-state index in [1.165, 1.54) is 38.2 Å². The smallest absolute Gasteiger partial charge is 0.337 e. The zero-order chi connectivity index (χ0) is 16.4. The third-order valence-electron chi connectivity index (χ3n) is 4.96. The fraction of sp³-hybridized carbons (Fsp3) is 0.611. The van der Waals surface area contributed by atoms with Crippen LogP contribution in [0.2, 0.25) is 0 Å². The molecule has 5 heteroatoms. The molecular weight excluding hydrogens is 292 g/mol. The Bertz CT molecular complexity index is 604. The highest BCUT2D eigenvalue weighted by Gasteiger charge is 2.35. The van der Waals surface area contributed by atoms with Crippen molar-refractivity contribution in [3.05, 3.63) is 29.1 Å². The molecule has 1 heterocycles. The summed E-state index contributed by atoms with van der Waals surface area (Å²) < 4.78 is 0. The Kier molecular flexibility index (Phi) is 4.64. The van der Waals surface area contributed by atoms with Crippen LogP contribution in [0.3, 0.4) is 0 Å². The van der Waals surface area contributed by atoms with Crippen molar-refractivity contribution < 1.29 is 14.7 Å². The normalized spacial score (nSPS) is 18.7.